The van der Waals surface area contributed by atoms with Crippen LogP contribution in [0.3, 0.4) is 0 Å². The predicted molar refractivity (Wildman–Crippen MR) is 64.3 cm³/mol. The lowest BCUT2D eigenvalue weighted by molar-refractivity contribution is -0.128. The van der Waals surface area contributed by atoms with Gasteiger partial charge in [-0.3, -0.25) is 9.69 Å². The third-order valence-electron chi connectivity index (χ3n) is 3.91. The van der Waals surface area contributed by atoms with Gasteiger partial charge in [0.15, 0.2) is 0 Å². The molecule has 16 heavy (non-hydrogen) atoms. The molecule has 2 fully saturated rings. The van der Waals surface area contributed by atoms with Crippen molar-refractivity contribution in [3.63, 3.8) is 0 Å². The summed E-state index contributed by atoms with van der Waals surface area (Å²) in [6.45, 7) is 7.25. The van der Waals surface area contributed by atoms with Crippen molar-refractivity contribution in [1.29, 1.82) is 0 Å². The fourth-order valence-corrected chi connectivity index (χ4v) is 2.65. The van der Waals surface area contributed by atoms with E-state index in [0.29, 0.717) is 0 Å². The molecule has 0 saturated carbocycles. The van der Waals surface area contributed by atoms with Crippen molar-refractivity contribution in [2.75, 3.05) is 32.7 Å². The summed E-state index contributed by atoms with van der Waals surface area (Å²) in [5.74, 6) is 1.05. The van der Waals surface area contributed by atoms with E-state index in [0.717, 1.165) is 25.6 Å². The lowest BCUT2D eigenvalue weighted by Gasteiger charge is -2.34. The van der Waals surface area contributed by atoms with Crippen molar-refractivity contribution in [1.82, 2.24) is 15.5 Å². The fourth-order valence-electron chi connectivity index (χ4n) is 2.65. The van der Waals surface area contributed by atoms with Crippen LogP contribution in [0.1, 0.15) is 26.2 Å². The number of rotatable bonds is 3. The predicted octanol–water partition coefficient (Wildman–Crippen LogP) is 0.196. The van der Waals surface area contributed by atoms with E-state index >= 15 is 0 Å². The summed E-state index contributed by atoms with van der Waals surface area (Å²) in [5.41, 5.74) is 0. The average Bonchev–Trinajstić information content (AvgIpc) is 2.32. The highest BCUT2D eigenvalue weighted by molar-refractivity contribution is 5.81. The number of nitrogens with one attached hydrogen (secondary N) is 2. The van der Waals surface area contributed by atoms with Crippen molar-refractivity contribution in [3.05, 3.63) is 0 Å². The van der Waals surface area contributed by atoms with Crippen molar-refractivity contribution in [3.8, 4) is 0 Å². The molecular formula is C12H23N3O. The molecule has 4 heteroatoms. The van der Waals surface area contributed by atoms with Crippen molar-refractivity contribution < 1.29 is 4.79 Å². The van der Waals surface area contributed by atoms with Crippen LogP contribution >= 0.6 is 0 Å². The summed E-state index contributed by atoms with van der Waals surface area (Å²) in [6.07, 6.45) is 3.85. The molecule has 1 unspecified atom stereocenters. The van der Waals surface area contributed by atoms with Crippen LogP contribution in [0.25, 0.3) is 0 Å². The van der Waals surface area contributed by atoms with Crippen LogP contribution in [0.15, 0.2) is 0 Å². The number of piperidine rings is 1. The largest absolute Gasteiger partial charge is 0.353 e. The quantitative estimate of drug-likeness (QED) is 0.721. The zero-order valence-electron chi connectivity index (χ0n) is 10.2. The van der Waals surface area contributed by atoms with Gasteiger partial charge in [-0.1, -0.05) is 0 Å². The summed E-state index contributed by atoms with van der Waals surface area (Å²) in [7, 11) is 0. The van der Waals surface area contributed by atoms with E-state index in [1.54, 1.807) is 0 Å². The van der Waals surface area contributed by atoms with E-state index in [4.69, 9.17) is 0 Å². The van der Waals surface area contributed by atoms with E-state index in [2.05, 4.69) is 15.5 Å². The van der Waals surface area contributed by atoms with Crippen LogP contribution in [-0.2, 0) is 4.79 Å². The lowest BCUT2D eigenvalue weighted by Crippen LogP contribution is -2.54. The van der Waals surface area contributed by atoms with E-state index < -0.39 is 0 Å². The smallest absolute Gasteiger partial charge is 0.237 e. The van der Waals surface area contributed by atoms with E-state index in [-0.39, 0.29) is 11.9 Å². The summed E-state index contributed by atoms with van der Waals surface area (Å²) in [5, 5.41) is 6.30. The number of carbonyl (C=O) groups excluding carboxylic acids is 1. The molecule has 0 aromatic carbocycles. The Labute approximate surface area is 97.8 Å². The second-order valence-electron chi connectivity index (χ2n) is 4.99. The second-order valence-corrected chi connectivity index (χ2v) is 4.99. The maximum absolute atomic E-state index is 11.5. The van der Waals surface area contributed by atoms with Gasteiger partial charge in [0.2, 0.25) is 5.91 Å². The van der Waals surface area contributed by atoms with Crippen LogP contribution in [0.5, 0.6) is 0 Å². The first-order chi connectivity index (χ1) is 7.77. The molecule has 0 aromatic heterocycles. The Morgan fingerprint density at radius 3 is 2.81 bits per heavy atom. The third kappa shape index (κ3) is 2.95. The van der Waals surface area contributed by atoms with Gasteiger partial charge >= 0.3 is 0 Å². The normalized spacial score (nSPS) is 29.1. The van der Waals surface area contributed by atoms with Crippen LogP contribution in [-0.4, -0.2) is 49.6 Å². The minimum absolute atomic E-state index is 0.0652. The highest BCUT2D eigenvalue weighted by Crippen LogP contribution is 2.17. The molecule has 4 nitrogen and oxygen atoms in total. The van der Waals surface area contributed by atoms with Gasteiger partial charge in [-0.25, -0.2) is 0 Å². The van der Waals surface area contributed by atoms with Crippen LogP contribution < -0.4 is 10.6 Å². The maximum atomic E-state index is 11.5. The summed E-state index contributed by atoms with van der Waals surface area (Å²) in [6, 6.07) is 0.0652. The number of nitrogens with zero attached hydrogens (tertiary/aromatic N) is 1. The van der Waals surface area contributed by atoms with Gasteiger partial charge in [0.1, 0.15) is 0 Å². The zero-order chi connectivity index (χ0) is 11.4. The van der Waals surface area contributed by atoms with E-state index in [1.165, 1.54) is 32.4 Å². The number of piperazine rings is 1. The Balaban J connectivity index is 1.73. The van der Waals surface area contributed by atoms with Crippen LogP contribution in [0.4, 0.5) is 0 Å². The fraction of sp³-hybridized carbons (Fsp3) is 0.917. The zero-order valence-corrected chi connectivity index (χ0v) is 10.2. The molecule has 0 spiro atoms. The molecule has 0 radical (unpaired) electrons. The Morgan fingerprint density at radius 1 is 1.31 bits per heavy atom. The molecule has 1 amide bonds. The molecule has 0 aliphatic carbocycles. The second kappa shape index (κ2) is 5.64. The molecule has 2 heterocycles. The molecule has 2 saturated heterocycles. The first-order valence-corrected chi connectivity index (χ1v) is 6.50. The first kappa shape index (κ1) is 11.9. The number of amides is 1. The molecular weight excluding hydrogens is 202 g/mol. The molecule has 92 valence electrons. The van der Waals surface area contributed by atoms with Gasteiger partial charge in [-0.05, 0) is 51.7 Å². The van der Waals surface area contributed by atoms with Crippen molar-refractivity contribution in [2.24, 2.45) is 5.92 Å². The molecule has 2 N–H and O–H groups in total. The molecule has 0 aromatic rings. The number of hydrogen-bond donors (Lipinski definition) is 2. The molecule has 1 atom stereocenters. The molecule has 2 rings (SSSR count). The Morgan fingerprint density at radius 2 is 2.06 bits per heavy atom. The standard InChI is InChI=1S/C12H23N3O/c1-10-12(16)14-7-9-15(10)8-4-11-2-5-13-6-3-11/h10-11,13H,2-9H2,1H3,(H,14,16). The molecule has 2 aliphatic heterocycles. The highest BCUT2D eigenvalue weighted by Gasteiger charge is 2.25. The Hall–Kier alpha value is -0.610. The van der Waals surface area contributed by atoms with Gasteiger partial charge in [0.25, 0.3) is 0 Å². The van der Waals surface area contributed by atoms with Crippen molar-refractivity contribution >= 4 is 5.91 Å². The Bertz CT molecular complexity index is 238. The van der Waals surface area contributed by atoms with Gasteiger partial charge in [-0.15, -0.1) is 0 Å². The maximum Gasteiger partial charge on any atom is 0.237 e. The minimum Gasteiger partial charge on any atom is -0.353 e. The molecule has 0 bridgehead atoms. The van der Waals surface area contributed by atoms with E-state index in [1.807, 2.05) is 6.92 Å². The average molecular weight is 225 g/mol. The molecule has 2 aliphatic rings. The SMILES string of the molecule is CC1C(=O)NCCN1CCC1CCNCC1. The van der Waals surface area contributed by atoms with Gasteiger partial charge < -0.3 is 10.6 Å². The van der Waals surface area contributed by atoms with Gasteiger partial charge in [-0.2, -0.15) is 0 Å². The lowest BCUT2D eigenvalue weighted by atomic mass is 9.94. The highest BCUT2D eigenvalue weighted by atomic mass is 16.2. The summed E-state index contributed by atoms with van der Waals surface area (Å²) >= 11 is 0. The number of carbonyl (C=O) groups is 1. The topological polar surface area (TPSA) is 44.4 Å². The first-order valence-electron chi connectivity index (χ1n) is 6.50. The summed E-state index contributed by atoms with van der Waals surface area (Å²) in [4.78, 5) is 13.8. The number of hydrogen-bond acceptors (Lipinski definition) is 3. The monoisotopic (exact) mass is 225 g/mol. The van der Waals surface area contributed by atoms with Crippen LogP contribution in [0.2, 0.25) is 0 Å². The minimum atomic E-state index is 0.0652. The summed E-state index contributed by atoms with van der Waals surface area (Å²) < 4.78 is 0. The third-order valence-corrected chi connectivity index (χ3v) is 3.91. The van der Waals surface area contributed by atoms with Crippen molar-refractivity contribution in [2.45, 2.75) is 32.2 Å². The van der Waals surface area contributed by atoms with E-state index in [9.17, 15) is 4.79 Å². The van der Waals surface area contributed by atoms with Crippen LogP contribution in [0, 0.1) is 5.92 Å². The Kier molecular flexibility index (Phi) is 4.18. The van der Waals surface area contributed by atoms with Gasteiger partial charge in [0, 0.05) is 13.1 Å². The van der Waals surface area contributed by atoms with Gasteiger partial charge in [0.05, 0.1) is 6.04 Å².